The fraction of sp³-hybridized carbons (Fsp3) is 0.429. The molecule has 0 amide bonds. The standard InChI is InChI=1S/C13H14N2.4C2H6/c1-3-5-9-12(4-2)14-15-13-10-7-6-8-11-13;4*1-2/h3-11H,1H2,2H3;4*1-2H3/b9-5-,12-4+,15-14?;;;;. The second kappa shape index (κ2) is 32.1. The predicted molar refractivity (Wildman–Crippen MR) is 109 cm³/mol. The molecular weight excluding hydrogens is 280 g/mol. The summed E-state index contributed by atoms with van der Waals surface area (Å²) >= 11 is 0. The van der Waals surface area contributed by atoms with Crippen molar-refractivity contribution in [2.24, 2.45) is 10.2 Å². The Balaban J connectivity index is -0.000000196. The van der Waals surface area contributed by atoms with E-state index in [1.807, 2.05) is 111 Å². The molecule has 1 rings (SSSR count). The summed E-state index contributed by atoms with van der Waals surface area (Å²) in [6, 6.07) is 9.64. The maximum absolute atomic E-state index is 4.10. The second-order valence-electron chi connectivity index (χ2n) is 2.84. The lowest BCUT2D eigenvalue weighted by Crippen LogP contribution is -1.68. The van der Waals surface area contributed by atoms with Gasteiger partial charge < -0.3 is 0 Å². The topological polar surface area (TPSA) is 24.7 Å². The molecule has 0 spiro atoms. The van der Waals surface area contributed by atoms with E-state index in [-0.39, 0.29) is 0 Å². The van der Waals surface area contributed by atoms with Crippen LogP contribution in [0.3, 0.4) is 0 Å². The van der Waals surface area contributed by atoms with E-state index in [4.69, 9.17) is 0 Å². The lowest BCUT2D eigenvalue weighted by Gasteiger charge is -1.91. The van der Waals surface area contributed by atoms with Crippen LogP contribution in [0.1, 0.15) is 62.3 Å². The number of hydrogen-bond donors (Lipinski definition) is 0. The summed E-state index contributed by atoms with van der Waals surface area (Å²) in [5, 5.41) is 8.20. The number of nitrogens with zero attached hydrogens (tertiary/aromatic N) is 2. The average Bonchev–Trinajstić information content (AvgIpc) is 2.69. The van der Waals surface area contributed by atoms with Crippen LogP contribution in [0.5, 0.6) is 0 Å². The van der Waals surface area contributed by atoms with Crippen molar-refractivity contribution in [1.29, 1.82) is 0 Å². The number of hydrogen-bond acceptors (Lipinski definition) is 2. The van der Waals surface area contributed by atoms with Gasteiger partial charge in [0.05, 0.1) is 11.4 Å². The van der Waals surface area contributed by atoms with Crippen molar-refractivity contribution in [2.45, 2.75) is 62.3 Å². The third kappa shape index (κ3) is 22.5. The lowest BCUT2D eigenvalue weighted by molar-refractivity contribution is 1.16. The molecule has 0 saturated heterocycles. The maximum atomic E-state index is 4.10. The Hall–Kier alpha value is -1.96. The molecule has 0 unspecified atom stereocenters. The van der Waals surface area contributed by atoms with Gasteiger partial charge in [0.1, 0.15) is 0 Å². The largest absolute Gasteiger partial charge is 0.151 e. The zero-order valence-corrected chi connectivity index (χ0v) is 16.8. The van der Waals surface area contributed by atoms with Gasteiger partial charge in [0.2, 0.25) is 0 Å². The molecule has 23 heavy (non-hydrogen) atoms. The fourth-order valence-corrected chi connectivity index (χ4v) is 0.964. The SMILES string of the molecule is C=C/C=C\C(=C/C)N=Nc1ccccc1.CC.CC.CC.CC. The highest BCUT2D eigenvalue weighted by Crippen LogP contribution is 2.12. The van der Waals surface area contributed by atoms with Crippen LogP contribution in [0.4, 0.5) is 5.69 Å². The first-order valence-corrected chi connectivity index (χ1v) is 8.79. The summed E-state index contributed by atoms with van der Waals surface area (Å²) in [6.07, 6.45) is 7.30. The molecule has 1 aromatic rings. The number of allylic oxidation sites excluding steroid dienone is 4. The van der Waals surface area contributed by atoms with Crippen molar-refractivity contribution in [3.05, 3.63) is 66.9 Å². The summed E-state index contributed by atoms with van der Waals surface area (Å²) in [7, 11) is 0. The smallest absolute Gasteiger partial charge is 0.0857 e. The molecule has 0 aliphatic heterocycles. The van der Waals surface area contributed by atoms with E-state index in [9.17, 15) is 0 Å². The van der Waals surface area contributed by atoms with E-state index in [2.05, 4.69) is 16.8 Å². The first kappa shape index (κ1) is 29.1. The van der Waals surface area contributed by atoms with Gasteiger partial charge in [0.15, 0.2) is 0 Å². The van der Waals surface area contributed by atoms with Crippen LogP contribution < -0.4 is 0 Å². The minimum atomic E-state index is 0.818. The summed E-state index contributed by atoms with van der Waals surface area (Å²) in [5.41, 5.74) is 1.67. The normalized spacial score (nSPS) is 9.17. The summed E-state index contributed by atoms with van der Waals surface area (Å²) < 4.78 is 0. The molecule has 0 heterocycles. The zero-order valence-electron chi connectivity index (χ0n) is 16.8. The molecule has 0 fully saturated rings. The van der Waals surface area contributed by atoms with E-state index >= 15 is 0 Å². The molecule has 0 radical (unpaired) electrons. The quantitative estimate of drug-likeness (QED) is 0.392. The summed E-state index contributed by atoms with van der Waals surface area (Å²) in [4.78, 5) is 0. The first-order chi connectivity index (χ1) is 11.4. The van der Waals surface area contributed by atoms with Crippen molar-refractivity contribution >= 4 is 5.69 Å². The van der Waals surface area contributed by atoms with Crippen LogP contribution in [-0.2, 0) is 0 Å². The minimum absolute atomic E-state index is 0.818. The number of benzene rings is 1. The van der Waals surface area contributed by atoms with Gasteiger partial charge in [-0.15, -0.1) is 0 Å². The highest BCUT2D eigenvalue weighted by Gasteiger charge is 1.87. The highest BCUT2D eigenvalue weighted by atomic mass is 15.1. The van der Waals surface area contributed by atoms with Gasteiger partial charge in [-0.1, -0.05) is 98.4 Å². The number of azo groups is 1. The van der Waals surface area contributed by atoms with Gasteiger partial charge in [0.25, 0.3) is 0 Å². The molecule has 1 aromatic carbocycles. The van der Waals surface area contributed by atoms with E-state index in [1.165, 1.54) is 0 Å². The summed E-state index contributed by atoms with van der Waals surface area (Å²) in [5.74, 6) is 0. The Kier molecular flexibility index (Phi) is 40.6. The maximum Gasteiger partial charge on any atom is 0.0857 e. The third-order valence-corrected chi connectivity index (χ3v) is 1.74. The number of rotatable bonds is 4. The molecule has 0 aromatic heterocycles. The van der Waals surface area contributed by atoms with Crippen LogP contribution in [-0.4, -0.2) is 0 Å². The van der Waals surface area contributed by atoms with Crippen LogP contribution >= 0.6 is 0 Å². The molecule has 0 aliphatic rings. The van der Waals surface area contributed by atoms with Crippen molar-refractivity contribution in [3.8, 4) is 0 Å². The monoisotopic (exact) mass is 318 g/mol. The first-order valence-electron chi connectivity index (χ1n) is 8.79. The molecule has 0 bridgehead atoms. The Labute approximate surface area is 145 Å². The molecule has 0 atom stereocenters. The summed E-state index contributed by atoms with van der Waals surface area (Å²) in [6.45, 7) is 21.5. The van der Waals surface area contributed by atoms with Gasteiger partial charge in [-0.05, 0) is 25.1 Å². The van der Waals surface area contributed by atoms with Crippen molar-refractivity contribution in [3.63, 3.8) is 0 Å². The predicted octanol–water partition coefficient (Wildman–Crippen LogP) is 8.52. The van der Waals surface area contributed by atoms with Gasteiger partial charge in [-0.25, -0.2) is 0 Å². The molecule has 0 N–H and O–H groups in total. The molecule has 2 heteroatoms. The van der Waals surface area contributed by atoms with Crippen molar-refractivity contribution in [1.82, 2.24) is 0 Å². The van der Waals surface area contributed by atoms with Gasteiger partial charge in [0, 0.05) is 0 Å². The Bertz CT molecular complexity index is 388. The third-order valence-electron chi connectivity index (χ3n) is 1.74. The Morgan fingerprint density at radius 2 is 1.35 bits per heavy atom. The molecule has 132 valence electrons. The van der Waals surface area contributed by atoms with Crippen LogP contribution in [0.2, 0.25) is 0 Å². The highest BCUT2D eigenvalue weighted by molar-refractivity contribution is 5.35. The average molecular weight is 319 g/mol. The Morgan fingerprint density at radius 3 is 1.74 bits per heavy atom. The van der Waals surface area contributed by atoms with Crippen LogP contribution in [0.25, 0.3) is 0 Å². The Morgan fingerprint density at radius 1 is 0.870 bits per heavy atom. The molecule has 2 nitrogen and oxygen atoms in total. The van der Waals surface area contributed by atoms with Gasteiger partial charge >= 0.3 is 0 Å². The second-order valence-corrected chi connectivity index (χ2v) is 2.84. The van der Waals surface area contributed by atoms with E-state index < -0.39 is 0 Å². The zero-order chi connectivity index (χ0) is 18.9. The van der Waals surface area contributed by atoms with Crippen molar-refractivity contribution < 1.29 is 0 Å². The van der Waals surface area contributed by atoms with E-state index in [1.54, 1.807) is 6.08 Å². The van der Waals surface area contributed by atoms with Gasteiger partial charge in [-0.2, -0.15) is 10.2 Å². The van der Waals surface area contributed by atoms with E-state index in [0.717, 1.165) is 11.4 Å². The van der Waals surface area contributed by atoms with Crippen LogP contribution in [0.15, 0.2) is 77.1 Å². The molecule has 0 aliphatic carbocycles. The minimum Gasteiger partial charge on any atom is -0.151 e. The van der Waals surface area contributed by atoms with E-state index in [0.29, 0.717) is 0 Å². The lowest BCUT2D eigenvalue weighted by atomic mass is 10.3. The van der Waals surface area contributed by atoms with Crippen LogP contribution in [0, 0.1) is 0 Å². The van der Waals surface area contributed by atoms with Gasteiger partial charge in [-0.3, -0.25) is 0 Å². The van der Waals surface area contributed by atoms with Crippen molar-refractivity contribution in [2.75, 3.05) is 0 Å². The molecule has 0 saturated carbocycles. The molecular formula is C21H38N2. The fourth-order valence-electron chi connectivity index (χ4n) is 0.964.